The quantitative estimate of drug-likeness (QED) is 0.691. The van der Waals surface area contributed by atoms with Crippen LogP contribution in [0.4, 0.5) is 0 Å². The summed E-state index contributed by atoms with van der Waals surface area (Å²) in [5.74, 6) is -1.06. The third-order valence-corrected chi connectivity index (χ3v) is 4.29. The maximum Gasteiger partial charge on any atom is 0.262 e. The third kappa shape index (κ3) is 2.87. The fourth-order valence-electron chi connectivity index (χ4n) is 3.09. The number of quaternary nitrogens is 1. The van der Waals surface area contributed by atoms with Crippen molar-refractivity contribution in [2.75, 3.05) is 32.7 Å². The number of nitrogens with zero attached hydrogens (tertiary/aromatic N) is 1. The highest BCUT2D eigenvalue weighted by atomic mass is 16.2. The Morgan fingerprint density at radius 3 is 2.27 bits per heavy atom. The molecule has 6 nitrogen and oxygen atoms in total. The van der Waals surface area contributed by atoms with Crippen LogP contribution in [0.5, 0.6) is 0 Å². The zero-order valence-corrected chi connectivity index (χ0v) is 12.4. The molecule has 2 N–H and O–H groups in total. The van der Waals surface area contributed by atoms with Crippen LogP contribution < -0.4 is 10.2 Å². The summed E-state index contributed by atoms with van der Waals surface area (Å²) in [6.07, 6.45) is 2.50. The number of amides is 3. The van der Waals surface area contributed by atoms with Crippen LogP contribution in [0.15, 0.2) is 24.3 Å². The maximum atomic E-state index is 12.1. The molecule has 0 radical (unpaired) electrons. The summed E-state index contributed by atoms with van der Waals surface area (Å²) in [4.78, 5) is 38.8. The van der Waals surface area contributed by atoms with E-state index in [2.05, 4.69) is 5.32 Å². The normalized spacial score (nSPS) is 17.9. The second-order valence-electron chi connectivity index (χ2n) is 5.80. The fraction of sp³-hybridized carbons (Fsp3) is 0.438. The Bertz CT molecular complexity index is 573. The number of hydrogen-bond acceptors (Lipinski definition) is 3. The molecule has 2 aliphatic heterocycles. The molecular formula is C16H20N3O3+. The monoisotopic (exact) mass is 302 g/mol. The number of carbonyl (C=O) groups is 3. The minimum absolute atomic E-state index is 0.207. The lowest BCUT2D eigenvalue weighted by Crippen LogP contribution is -3.10. The highest BCUT2D eigenvalue weighted by molar-refractivity contribution is 6.22. The van der Waals surface area contributed by atoms with Crippen molar-refractivity contribution in [1.29, 1.82) is 0 Å². The van der Waals surface area contributed by atoms with Gasteiger partial charge in [-0.05, 0) is 12.1 Å². The second kappa shape index (κ2) is 6.27. The lowest BCUT2D eigenvalue weighted by atomic mass is 10.1. The van der Waals surface area contributed by atoms with Gasteiger partial charge in [-0.3, -0.25) is 19.3 Å². The summed E-state index contributed by atoms with van der Waals surface area (Å²) in [5, 5.41) is 2.80. The van der Waals surface area contributed by atoms with Crippen LogP contribution in [0.2, 0.25) is 0 Å². The Labute approximate surface area is 129 Å². The molecule has 22 heavy (non-hydrogen) atoms. The molecule has 1 aromatic rings. The number of imide groups is 1. The number of fused-ring (bicyclic) bond motifs is 1. The molecule has 116 valence electrons. The van der Waals surface area contributed by atoms with Crippen LogP contribution in [-0.4, -0.2) is 55.3 Å². The van der Waals surface area contributed by atoms with E-state index >= 15 is 0 Å². The molecule has 0 atom stereocenters. The van der Waals surface area contributed by atoms with Crippen molar-refractivity contribution >= 4 is 17.7 Å². The number of hydrogen-bond donors (Lipinski definition) is 2. The fourth-order valence-corrected chi connectivity index (χ4v) is 3.09. The second-order valence-corrected chi connectivity index (χ2v) is 5.80. The van der Waals surface area contributed by atoms with E-state index < -0.39 is 0 Å². The Hall–Kier alpha value is -2.21. The zero-order chi connectivity index (χ0) is 15.5. The standard InChI is InChI=1S/C16H19N3O3/c20-14(17-7-10-18-8-3-4-9-18)11-19-15(21)12-5-1-2-6-13(12)16(19)22/h1-2,5-6H,3-4,7-11H2,(H,17,20)/p+1. The Kier molecular flexibility index (Phi) is 4.20. The summed E-state index contributed by atoms with van der Waals surface area (Å²) < 4.78 is 0. The largest absolute Gasteiger partial charge is 0.349 e. The van der Waals surface area contributed by atoms with Crippen molar-refractivity contribution in [3.63, 3.8) is 0 Å². The number of likely N-dealkylation sites (tertiary alicyclic amines) is 1. The minimum Gasteiger partial charge on any atom is -0.349 e. The number of benzene rings is 1. The van der Waals surface area contributed by atoms with Gasteiger partial charge in [0.2, 0.25) is 5.91 Å². The van der Waals surface area contributed by atoms with Crippen LogP contribution in [0.3, 0.4) is 0 Å². The summed E-state index contributed by atoms with van der Waals surface area (Å²) in [7, 11) is 0. The van der Waals surface area contributed by atoms with Crippen LogP contribution in [0, 0.1) is 0 Å². The predicted octanol–water partition coefficient (Wildman–Crippen LogP) is -0.922. The van der Waals surface area contributed by atoms with Crippen molar-refractivity contribution in [1.82, 2.24) is 10.2 Å². The van der Waals surface area contributed by atoms with Crippen LogP contribution in [0.1, 0.15) is 33.6 Å². The number of rotatable bonds is 5. The van der Waals surface area contributed by atoms with Gasteiger partial charge in [0.1, 0.15) is 6.54 Å². The Morgan fingerprint density at radius 2 is 1.68 bits per heavy atom. The molecule has 6 heteroatoms. The molecule has 1 saturated heterocycles. The van der Waals surface area contributed by atoms with Crippen LogP contribution >= 0.6 is 0 Å². The third-order valence-electron chi connectivity index (χ3n) is 4.29. The van der Waals surface area contributed by atoms with E-state index in [1.165, 1.54) is 17.7 Å². The molecule has 0 aromatic heterocycles. The van der Waals surface area contributed by atoms with Crippen molar-refractivity contribution < 1.29 is 19.3 Å². The first-order valence-corrected chi connectivity index (χ1v) is 7.72. The van der Waals surface area contributed by atoms with Gasteiger partial charge in [-0.2, -0.15) is 0 Å². The number of nitrogens with one attached hydrogen (secondary N) is 2. The van der Waals surface area contributed by atoms with E-state index in [-0.39, 0.29) is 24.3 Å². The van der Waals surface area contributed by atoms with Gasteiger partial charge < -0.3 is 10.2 Å². The summed E-state index contributed by atoms with van der Waals surface area (Å²) in [6.45, 7) is 3.59. The summed E-state index contributed by atoms with van der Waals surface area (Å²) in [5.41, 5.74) is 0.753. The highest BCUT2D eigenvalue weighted by Crippen LogP contribution is 2.21. The van der Waals surface area contributed by atoms with Crippen molar-refractivity contribution in [3.8, 4) is 0 Å². The Balaban J connectivity index is 1.52. The zero-order valence-electron chi connectivity index (χ0n) is 12.4. The number of carbonyl (C=O) groups excluding carboxylic acids is 3. The molecule has 0 spiro atoms. The summed E-state index contributed by atoms with van der Waals surface area (Å²) in [6, 6.07) is 6.66. The molecule has 0 saturated carbocycles. The topological polar surface area (TPSA) is 70.9 Å². The van der Waals surface area contributed by atoms with E-state index in [4.69, 9.17) is 0 Å². The van der Waals surface area contributed by atoms with Crippen molar-refractivity contribution in [2.45, 2.75) is 12.8 Å². The smallest absolute Gasteiger partial charge is 0.262 e. The molecule has 1 fully saturated rings. The van der Waals surface area contributed by atoms with Gasteiger partial charge in [-0.15, -0.1) is 0 Å². The molecule has 1 aromatic carbocycles. The van der Waals surface area contributed by atoms with Gasteiger partial charge in [0.05, 0.1) is 37.3 Å². The van der Waals surface area contributed by atoms with E-state index in [0.717, 1.165) is 24.5 Å². The van der Waals surface area contributed by atoms with Crippen LogP contribution in [-0.2, 0) is 4.79 Å². The van der Waals surface area contributed by atoms with Gasteiger partial charge in [0.25, 0.3) is 11.8 Å². The molecule has 3 rings (SSSR count). The van der Waals surface area contributed by atoms with Gasteiger partial charge in [-0.25, -0.2) is 0 Å². The van der Waals surface area contributed by atoms with E-state index in [1.807, 2.05) is 0 Å². The first-order valence-electron chi connectivity index (χ1n) is 7.72. The van der Waals surface area contributed by atoms with E-state index in [1.54, 1.807) is 24.3 Å². The lowest BCUT2D eigenvalue weighted by Gasteiger charge is -2.15. The molecular weight excluding hydrogens is 282 g/mol. The average molecular weight is 302 g/mol. The molecule has 0 aliphatic carbocycles. The average Bonchev–Trinajstić information content (AvgIpc) is 3.11. The van der Waals surface area contributed by atoms with E-state index in [9.17, 15) is 14.4 Å². The van der Waals surface area contributed by atoms with E-state index in [0.29, 0.717) is 17.7 Å². The van der Waals surface area contributed by atoms with Crippen molar-refractivity contribution in [3.05, 3.63) is 35.4 Å². The molecule has 2 heterocycles. The molecule has 0 bridgehead atoms. The Morgan fingerprint density at radius 1 is 1.09 bits per heavy atom. The van der Waals surface area contributed by atoms with Gasteiger partial charge in [0, 0.05) is 12.8 Å². The summed E-state index contributed by atoms with van der Waals surface area (Å²) >= 11 is 0. The van der Waals surface area contributed by atoms with Gasteiger partial charge in [-0.1, -0.05) is 12.1 Å². The first kappa shape index (κ1) is 14.7. The molecule has 2 aliphatic rings. The SMILES string of the molecule is O=C(CN1C(=O)c2ccccc2C1=O)NCC[NH+]1CCCC1. The van der Waals surface area contributed by atoms with Gasteiger partial charge in [0.15, 0.2) is 0 Å². The minimum atomic E-state index is -0.388. The van der Waals surface area contributed by atoms with Crippen molar-refractivity contribution in [2.24, 2.45) is 0 Å². The molecule has 3 amide bonds. The van der Waals surface area contributed by atoms with Gasteiger partial charge >= 0.3 is 0 Å². The van der Waals surface area contributed by atoms with Crippen LogP contribution in [0.25, 0.3) is 0 Å². The predicted molar refractivity (Wildman–Crippen MR) is 79.6 cm³/mol. The molecule has 0 unspecified atom stereocenters. The lowest BCUT2D eigenvalue weighted by molar-refractivity contribution is -0.886. The highest BCUT2D eigenvalue weighted by Gasteiger charge is 2.36. The maximum absolute atomic E-state index is 12.1. The first-order chi connectivity index (χ1) is 10.7.